The lowest BCUT2D eigenvalue weighted by atomic mass is 9.82. The largest absolute Gasteiger partial charge is 0.465 e. The van der Waals surface area contributed by atoms with Gasteiger partial charge in [0.25, 0.3) is 0 Å². The molecule has 3 aromatic rings. The Morgan fingerprint density at radius 2 is 2.06 bits per heavy atom. The van der Waals surface area contributed by atoms with Crippen LogP contribution in [-0.2, 0) is 11.2 Å². The number of anilines is 3. The second-order valence-electron chi connectivity index (χ2n) is 8.11. The first-order valence-corrected chi connectivity index (χ1v) is 10.8. The van der Waals surface area contributed by atoms with Gasteiger partial charge in [-0.2, -0.15) is 0 Å². The first-order chi connectivity index (χ1) is 15.1. The second kappa shape index (κ2) is 9.21. The Morgan fingerprint density at radius 1 is 1.23 bits per heavy atom. The zero-order valence-corrected chi connectivity index (χ0v) is 18.4. The summed E-state index contributed by atoms with van der Waals surface area (Å²) in [5, 5.41) is 3.44. The average Bonchev–Trinajstić information content (AvgIpc) is 2.82. The van der Waals surface area contributed by atoms with Crippen LogP contribution in [0.5, 0.6) is 0 Å². The van der Waals surface area contributed by atoms with Crippen molar-refractivity contribution in [1.29, 1.82) is 0 Å². The van der Waals surface area contributed by atoms with Crippen LogP contribution < -0.4 is 10.2 Å². The molecule has 1 N–H and O–H groups in total. The van der Waals surface area contributed by atoms with Gasteiger partial charge in [-0.15, -0.1) is 0 Å². The number of hydrogen-bond acceptors (Lipinski definition) is 5. The van der Waals surface area contributed by atoms with E-state index in [9.17, 15) is 4.79 Å². The van der Waals surface area contributed by atoms with Gasteiger partial charge in [-0.1, -0.05) is 24.3 Å². The average molecular weight is 416 g/mol. The van der Waals surface area contributed by atoms with E-state index in [0.717, 1.165) is 31.5 Å². The van der Waals surface area contributed by atoms with Crippen LogP contribution in [0.1, 0.15) is 45.8 Å². The highest BCUT2D eigenvalue weighted by atomic mass is 16.5. The van der Waals surface area contributed by atoms with Gasteiger partial charge in [-0.05, 0) is 67.1 Å². The molecule has 4 rings (SSSR count). The maximum Gasteiger partial charge on any atom is 0.340 e. The Kier molecular flexibility index (Phi) is 6.21. The molecular weight excluding hydrogens is 386 g/mol. The van der Waals surface area contributed by atoms with E-state index in [1.54, 1.807) is 18.5 Å². The summed E-state index contributed by atoms with van der Waals surface area (Å²) in [5.41, 5.74) is 7.74. The molecule has 160 valence electrons. The lowest BCUT2D eigenvalue weighted by molar-refractivity contribution is 0.0601. The maximum atomic E-state index is 12.0. The molecule has 1 heterocycles. The Morgan fingerprint density at radius 3 is 2.87 bits per heavy atom. The highest BCUT2D eigenvalue weighted by Gasteiger charge is 2.22. The monoisotopic (exact) mass is 415 g/mol. The number of hydrogen-bond donors (Lipinski definition) is 1. The molecule has 0 saturated carbocycles. The number of aryl methyl sites for hydroxylation is 2. The number of para-hydroxylation sites is 1. The number of pyridine rings is 1. The van der Waals surface area contributed by atoms with E-state index in [1.807, 2.05) is 0 Å². The number of aromatic nitrogens is 1. The van der Waals surface area contributed by atoms with Gasteiger partial charge < -0.3 is 15.0 Å². The second-order valence-corrected chi connectivity index (χ2v) is 8.11. The minimum absolute atomic E-state index is 0.349. The summed E-state index contributed by atoms with van der Waals surface area (Å²) >= 11 is 0. The lowest BCUT2D eigenvalue weighted by Crippen LogP contribution is -2.20. The minimum Gasteiger partial charge on any atom is -0.465 e. The van der Waals surface area contributed by atoms with Crippen molar-refractivity contribution in [3.8, 4) is 0 Å². The number of carbonyl (C=O) groups is 1. The molecule has 1 aliphatic carbocycles. The van der Waals surface area contributed by atoms with Crippen LogP contribution in [0, 0.1) is 6.92 Å². The third kappa shape index (κ3) is 4.41. The summed E-state index contributed by atoms with van der Waals surface area (Å²) in [6.07, 6.45) is 6.69. The number of rotatable bonds is 6. The van der Waals surface area contributed by atoms with Crippen molar-refractivity contribution in [3.05, 3.63) is 83.2 Å². The zero-order valence-electron chi connectivity index (χ0n) is 18.4. The quantitative estimate of drug-likeness (QED) is 0.541. The third-order valence-corrected chi connectivity index (χ3v) is 6.19. The van der Waals surface area contributed by atoms with Gasteiger partial charge in [0.1, 0.15) is 0 Å². The molecule has 1 aromatic heterocycles. The topological polar surface area (TPSA) is 54.5 Å². The standard InChI is InChI=1S/C26H29N3O2/c1-18-7-4-5-10-25(18)29(2)21-11-12-22-19(15-21)8-6-9-20(22)16-28-24-17-27-14-13-23(24)26(30)31-3/h4-5,7,10-15,17,20,28H,6,8-9,16H2,1-3H3. The van der Waals surface area contributed by atoms with Crippen LogP contribution >= 0.6 is 0 Å². The van der Waals surface area contributed by atoms with Gasteiger partial charge in [-0.3, -0.25) is 4.98 Å². The van der Waals surface area contributed by atoms with Gasteiger partial charge in [0.2, 0.25) is 0 Å². The van der Waals surface area contributed by atoms with E-state index in [-0.39, 0.29) is 5.97 Å². The van der Waals surface area contributed by atoms with Crippen LogP contribution in [0.2, 0.25) is 0 Å². The Bertz CT molecular complexity index is 1080. The van der Waals surface area contributed by atoms with Crippen LogP contribution in [0.25, 0.3) is 0 Å². The number of fused-ring (bicyclic) bond motifs is 1. The van der Waals surface area contributed by atoms with Gasteiger partial charge in [0.05, 0.1) is 24.6 Å². The summed E-state index contributed by atoms with van der Waals surface area (Å²) in [4.78, 5) is 18.5. The minimum atomic E-state index is -0.349. The number of esters is 1. The molecule has 0 spiro atoms. The first kappa shape index (κ1) is 20.9. The molecule has 1 unspecified atom stereocenters. The van der Waals surface area contributed by atoms with Crippen molar-refractivity contribution < 1.29 is 9.53 Å². The number of benzene rings is 2. The molecule has 0 fully saturated rings. The van der Waals surface area contributed by atoms with E-state index >= 15 is 0 Å². The summed E-state index contributed by atoms with van der Waals surface area (Å²) in [5.74, 6) is 0.0464. The van der Waals surface area contributed by atoms with Crippen molar-refractivity contribution in [3.63, 3.8) is 0 Å². The van der Waals surface area contributed by atoms with Crippen molar-refractivity contribution in [2.75, 3.05) is 30.9 Å². The smallest absolute Gasteiger partial charge is 0.340 e. The van der Waals surface area contributed by atoms with Crippen molar-refractivity contribution in [2.24, 2.45) is 0 Å². The SMILES string of the molecule is COC(=O)c1ccncc1NCC1CCCc2cc(N(C)c3ccccc3C)ccc21. The fourth-order valence-corrected chi connectivity index (χ4v) is 4.46. The molecule has 31 heavy (non-hydrogen) atoms. The Balaban J connectivity index is 1.53. The molecule has 0 bridgehead atoms. The highest BCUT2D eigenvalue weighted by molar-refractivity contribution is 5.95. The predicted octanol–water partition coefficient (Wildman–Crippen LogP) is 5.48. The van der Waals surface area contributed by atoms with Gasteiger partial charge in [0, 0.05) is 37.1 Å². The normalized spacial score (nSPS) is 15.1. The number of methoxy groups -OCH3 is 1. The summed E-state index contributed by atoms with van der Waals surface area (Å²) in [6.45, 7) is 2.91. The molecule has 5 heteroatoms. The van der Waals surface area contributed by atoms with E-state index in [4.69, 9.17) is 4.74 Å². The molecule has 0 amide bonds. The van der Waals surface area contributed by atoms with Crippen LogP contribution in [0.15, 0.2) is 60.9 Å². The van der Waals surface area contributed by atoms with Crippen molar-refractivity contribution in [2.45, 2.75) is 32.1 Å². The molecular formula is C26H29N3O2. The summed E-state index contributed by atoms with van der Waals surface area (Å²) in [6, 6.07) is 17.0. The fourth-order valence-electron chi connectivity index (χ4n) is 4.46. The first-order valence-electron chi connectivity index (χ1n) is 10.8. The maximum absolute atomic E-state index is 12.0. The Labute approximate surface area is 184 Å². The molecule has 0 aliphatic heterocycles. The van der Waals surface area contributed by atoms with Crippen LogP contribution in [0.4, 0.5) is 17.1 Å². The summed E-state index contributed by atoms with van der Waals surface area (Å²) in [7, 11) is 3.53. The van der Waals surface area contributed by atoms with Crippen molar-refractivity contribution in [1.82, 2.24) is 4.98 Å². The van der Waals surface area contributed by atoms with E-state index < -0.39 is 0 Å². The number of nitrogens with zero attached hydrogens (tertiary/aromatic N) is 2. The van der Waals surface area contributed by atoms with Gasteiger partial charge in [0.15, 0.2) is 0 Å². The molecule has 2 aromatic carbocycles. The highest BCUT2D eigenvalue weighted by Crippen LogP contribution is 2.36. The van der Waals surface area contributed by atoms with Gasteiger partial charge in [-0.25, -0.2) is 4.79 Å². The third-order valence-electron chi connectivity index (χ3n) is 6.19. The van der Waals surface area contributed by atoms with E-state index in [0.29, 0.717) is 11.5 Å². The molecule has 5 nitrogen and oxygen atoms in total. The molecule has 0 saturated heterocycles. The molecule has 1 aliphatic rings. The summed E-state index contributed by atoms with van der Waals surface area (Å²) < 4.78 is 4.89. The van der Waals surface area contributed by atoms with Crippen molar-refractivity contribution >= 4 is 23.0 Å². The Hall–Kier alpha value is -3.34. The zero-order chi connectivity index (χ0) is 21.8. The van der Waals surface area contributed by atoms with Gasteiger partial charge >= 0.3 is 5.97 Å². The number of nitrogens with one attached hydrogen (secondary N) is 1. The predicted molar refractivity (Wildman–Crippen MR) is 125 cm³/mol. The van der Waals surface area contributed by atoms with E-state index in [2.05, 4.69) is 71.6 Å². The lowest BCUT2D eigenvalue weighted by Gasteiger charge is -2.29. The van der Waals surface area contributed by atoms with E-state index in [1.165, 1.54) is 35.2 Å². The van der Waals surface area contributed by atoms with Crippen LogP contribution in [0.3, 0.4) is 0 Å². The van der Waals surface area contributed by atoms with Crippen LogP contribution in [-0.4, -0.2) is 31.7 Å². The molecule has 1 atom stereocenters. The fraction of sp³-hybridized carbons (Fsp3) is 0.308. The molecule has 0 radical (unpaired) electrons. The number of ether oxygens (including phenoxy) is 1. The number of carbonyl (C=O) groups excluding carboxylic acids is 1.